The molecule has 0 radical (unpaired) electrons. The minimum absolute atomic E-state index is 0.670. The Labute approximate surface area is 113 Å². The Morgan fingerprint density at radius 2 is 2.00 bits per heavy atom. The van der Waals surface area contributed by atoms with E-state index in [1.54, 1.807) is 0 Å². The topological polar surface area (TPSA) is 23.6 Å². The predicted octanol–water partition coefficient (Wildman–Crippen LogP) is 2.68. The van der Waals surface area contributed by atoms with Gasteiger partial charge in [0.1, 0.15) is 0 Å². The molecule has 1 aromatic carbocycles. The third-order valence-electron chi connectivity index (χ3n) is 3.37. The fraction of sp³-hybridized carbons (Fsp3) is 0.500. The van der Waals surface area contributed by atoms with Crippen LogP contribution in [0.25, 0.3) is 0 Å². The summed E-state index contributed by atoms with van der Waals surface area (Å²) in [7, 11) is 0. The van der Waals surface area contributed by atoms with Crippen LogP contribution in [0.15, 0.2) is 18.2 Å². The Bertz CT molecular complexity index is 414. The van der Waals surface area contributed by atoms with Crippen LogP contribution in [0.5, 0.6) is 0 Å². The summed E-state index contributed by atoms with van der Waals surface area (Å²) in [5.74, 6) is 0. The van der Waals surface area contributed by atoms with Crippen LogP contribution in [0.2, 0.25) is 5.02 Å². The zero-order valence-corrected chi connectivity index (χ0v) is 11.5. The van der Waals surface area contributed by atoms with Crippen molar-refractivity contribution < 1.29 is 4.79 Å². The number of para-hydroxylation sites is 1. The first-order valence-corrected chi connectivity index (χ1v) is 6.85. The molecular formula is C14H19ClN2O. The molecule has 0 saturated carbocycles. The van der Waals surface area contributed by atoms with Crippen molar-refractivity contribution in [2.45, 2.75) is 13.3 Å². The van der Waals surface area contributed by atoms with Crippen LogP contribution < -0.4 is 4.90 Å². The molecule has 2 rings (SSSR count). The molecule has 0 aliphatic carbocycles. The molecule has 3 nitrogen and oxygen atoms in total. The lowest BCUT2D eigenvalue weighted by Gasteiger charge is -2.36. The van der Waals surface area contributed by atoms with E-state index in [1.807, 2.05) is 18.2 Å². The number of carbonyl (C=O) groups is 1. The predicted molar refractivity (Wildman–Crippen MR) is 75.8 cm³/mol. The van der Waals surface area contributed by atoms with Crippen molar-refractivity contribution in [3.63, 3.8) is 0 Å². The summed E-state index contributed by atoms with van der Waals surface area (Å²) < 4.78 is 0. The molecule has 1 fully saturated rings. The average molecular weight is 267 g/mol. The number of rotatable bonds is 4. The third-order valence-corrected chi connectivity index (χ3v) is 3.68. The summed E-state index contributed by atoms with van der Waals surface area (Å²) in [5.41, 5.74) is 1.58. The first-order chi connectivity index (χ1) is 8.76. The SMILES string of the molecule is CCCN1CCN(c2c(Cl)cccc2C=O)CC1. The van der Waals surface area contributed by atoms with Crippen molar-refractivity contribution in [1.29, 1.82) is 0 Å². The zero-order chi connectivity index (χ0) is 13.0. The van der Waals surface area contributed by atoms with Crippen LogP contribution >= 0.6 is 11.6 Å². The minimum atomic E-state index is 0.670. The van der Waals surface area contributed by atoms with Gasteiger partial charge in [0, 0.05) is 31.7 Å². The van der Waals surface area contributed by atoms with E-state index in [-0.39, 0.29) is 0 Å². The molecule has 0 aromatic heterocycles. The molecule has 1 aliphatic rings. The molecule has 0 bridgehead atoms. The molecule has 1 saturated heterocycles. The van der Waals surface area contributed by atoms with Crippen LogP contribution in [-0.2, 0) is 0 Å². The molecule has 0 amide bonds. The van der Waals surface area contributed by atoms with Crippen molar-refractivity contribution in [2.24, 2.45) is 0 Å². The second-order valence-corrected chi connectivity index (χ2v) is 5.03. The largest absolute Gasteiger partial charge is 0.367 e. The van der Waals surface area contributed by atoms with Gasteiger partial charge in [-0.15, -0.1) is 0 Å². The van der Waals surface area contributed by atoms with E-state index in [0.717, 1.165) is 44.7 Å². The van der Waals surface area contributed by atoms with Crippen LogP contribution in [0.4, 0.5) is 5.69 Å². The number of carbonyl (C=O) groups excluding carboxylic acids is 1. The highest BCUT2D eigenvalue weighted by Gasteiger charge is 2.20. The van der Waals surface area contributed by atoms with E-state index in [0.29, 0.717) is 10.6 Å². The molecule has 1 aliphatic heterocycles. The van der Waals surface area contributed by atoms with Gasteiger partial charge < -0.3 is 4.90 Å². The second-order valence-electron chi connectivity index (χ2n) is 4.62. The van der Waals surface area contributed by atoms with Crippen molar-refractivity contribution in [1.82, 2.24) is 4.90 Å². The fourth-order valence-electron chi connectivity index (χ4n) is 2.47. The van der Waals surface area contributed by atoms with Crippen LogP contribution in [0.3, 0.4) is 0 Å². The van der Waals surface area contributed by atoms with E-state index >= 15 is 0 Å². The molecule has 0 spiro atoms. The Balaban J connectivity index is 2.12. The first-order valence-electron chi connectivity index (χ1n) is 6.47. The monoisotopic (exact) mass is 266 g/mol. The lowest BCUT2D eigenvalue weighted by atomic mass is 10.1. The highest BCUT2D eigenvalue weighted by Crippen LogP contribution is 2.29. The maximum Gasteiger partial charge on any atom is 0.152 e. The van der Waals surface area contributed by atoms with E-state index in [9.17, 15) is 4.79 Å². The van der Waals surface area contributed by atoms with Gasteiger partial charge in [-0.05, 0) is 25.1 Å². The van der Waals surface area contributed by atoms with Gasteiger partial charge in [-0.25, -0.2) is 0 Å². The molecule has 0 atom stereocenters. The molecule has 4 heteroatoms. The van der Waals surface area contributed by atoms with Crippen molar-refractivity contribution in [3.8, 4) is 0 Å². The Morgan fingerprint density at radius 3 is 2.61 bits per heavy atom. The minimum Gasteiger partial charge on any atom is -0.367 e. The van der Waals surface area contributed by atoms with Crippen molar-refractivity contribution in [2.75, 3.05) is 37.6 Å². The summed E-state index contributed by atoms with van der Waals surface area (Å²) >= 11 is 6.22. The summed E-state index contributed by atoms with van der Waals surface area (Å²) in [5, 5.41) is 0.670. The normalized spacial score (nSPS) is 16.9. The van der Waals surface area contributed by atoms with Crippen LogP contribution in [0.1, 0.15) is 23.7 Å². The van der Waals surface area contributed by atoms with Crippen molar-refractivity contribution in [3.05, 3.63) is 28.8 Å². The molecule has 98 valence electrons. The van der Waals surface area contributed by atoms with Gasteiger partial charge in [-0.2, -0.15) is 0 Å². The molecular weight excluding hydrogens is 248 g/mol. The van der Waals surface area contributed by atoms with Crippen LogP contribution in [-0.4, -0.2) is 43.9 Å². The van der Waals surface area contributed by atoms with Gasteiger partial charge in [0.25, 0.3) is 0 Å². The quantitative estimate of drug-likeness (QED) is 0.783. The average Bonchev–Trinajstić information content (AvgIpc) is 2.40. The molecule has 18 heavy (non-hydrogen) atoms. The van der Waals surface area contributed by atoms with Gasteiger partial charge in [0.05, 0.1) is 10.7 Å². The number of nitrogens with zero attached hydrogens (tertiary/aromatic N) is 2. The van der Waals surface area contributed by atoms with Gasteiger partial charge in [-0.1, -0.05) is 24.6 Å². The molecule has 1 aromatic rings. The van der Waals surface area contributed by atoms with Gasteiger partial charge in [0.2, 0.25) is 0 Å². The number of hydrogen-bond acceptors (Lipinski definition) is 3. The van der Waals surface area contributed by atoms with E-state index in [2.05, 4.69) is 16.7 Å². The number of anilines is 1. The maximum atomic E-state index is 11.1. The van der Waals surface area contributed by atoms with Gasteiger partial charge in [0.15, 0.2) is 6.29 Å². The first kappa shape index (κ1) is 13.4. The maximum absolute atomic E-state index is 11.1. The highest BCUT2D eigenvalue weighted by atomic mass is 35.5. The van der Waals surface area contributed by atoms with Crippen LogP contribution in [0, 0.1) is 0 Å². The Kier molecular flexibility index (Phi) is 4.61. The van der Waals surface area contributed by atoms with Crippen molar-refractivity contribution >= 4 is 23.6 Å². The smallest absolute Gasteiger partial charge is 0.152 e. The summed E-state index contributed by atoms with van der Waals surface area (Å²) in [6, 6.07) is 5.50. The molecule has 0 N–H and O–H groups in total. The van der Waals surface area contributed by atoms with E-state index < -0.39 is 0 Å². The standard InChI is InChI=1S/C14H19ClN2O/c1-2-6-16-7-9-17(10-8-16)14-12(11-18)4-3-5-13(14)15/h3-5,11H,2,6-10H2,1H3. The van der Waals surface area contributed by atoms with Gasteiger partial charge in [-0.3, -0.25) is 9.69 Å². The third kappa shape index (κ3) is 2.85. The second kappa shape index (κ2) is 6.21. The number of piperazine rings is 1. The lowest BCUT2D eigenvalue weighted by molar-refractivity contribution is 0.112. The number of halogens is 1. The summed E-state index contributed by atoms with van der Waals surface area (Å²) in [6.45, 7) is 7.30. The molecule has 0 unspecified atom stereocenters. The Morgan fingerprint density at radius 1 is 1.28 bits per heavy atom. The summed E-state index contributed by atoms with van der Waals surface area (Å²) in [4.78, 5) is 15.8. The summed E-state index contributed by atoms with van der Waals surface area (Å²) in [6.07, 6.45) is 2.07. The van der Waals surface area contributed by atoms with Gasteiger partial charge >= 0.3 is 0 Å². The molecule has 1 heterocycles. The number of benzene rings is 1. The number of hydrogen-bond donors (Lipinski definition) is 0. The van der Waals surface area contributed by atoms with E-state index in [4.69, 9.17) is 11.6 Å². The lowest BCUT2D eigenvalue weighted by Crippen LogP contribution is -2.46. The Hall–Kier alpha value is -1.06. The highest BCUT2D eigenvalue weighted by molar-refractivity contribution is 6.33. The fourth-order valence-corrected chi connectivity index (χ4v) is 2.77. The zero-order valence-electron chi connectivity index (χ0n) is 10.7. The van der Waals surface area contributed by atoms with E-state index in [1.165, 1.54) is 6.42 Å². The number of aldehydes is 1.